The molecule has 1 atom stereocenters. The lowest BCUT2D eigenvalue weighted by atomic mass is 10.0. The zero-order valence-corrected chi connectivity index (χ0v) is 20.4. The van der Waals surface area contributed by atoms with Crippen LogP contribution >= 0.6 is 0 Å². The smallest absolute Gasteiger partial charge is 0.292 e. The van der Waals surface area contributed by atoms with Crippen LogP contribution in [-0.2, 0) is 22.5 Å². The summed E-state index contributed by atoms with van der Waals surface area (Å²) in [5.74, 6) is 1.80. The van der Waals surface area contributed by atoms with E-state index in [0.717, 1.165) is 23.6 Å². The van der Waals surface area contributed by atoms with Gasteiger partial charge in [-0.2, -0.15) is 0 Å². The van der Waals surface area contributed by atoms with E-state index in [-0.39, 0.29) is 30.0 Å². The first-order valence-electron chi connectivity index (χ1n) is 12.0. The van der Waals surface area contributed by atoms with Gasteiger partial charge >= 0.3 is 0 Å². The van der Waals surface area contributed by atoms with Crippen LogP contribution in [0.3, 0.4) is 0 Å². The number of carbonyl (C=O) groups is 2. The molecule has 0 aliphatic carbocycles. The van der Waals surface area contributed by atoms with Crippen molar-refractivity contribution in [2.45, 2.75) is 45.7 Å². The van der Waals surface area contributed by atoms with Crippen molar-refractivity contribution in [2.75, 3.05) is 26.8 Å². The molecule has 2 aromatic heterocycles. The van der Waals surface area contributed by atoms with E-state index < -0.39 is 0 Å². The van der Waals surface area contributed by atoms with Crippen LogP contribution in [-0.4, -0.2) is 63.4 Å². The van der Waals surface area contributed by atoms with Crippen molar-refractivity contribution in [2.24, 2.45) is 5.92 Å². The lowest BCUT2D eigenvalue weighted by molar-refractivity contribution is -0.122. The molecule has 0 saturated carbocycles. The Morgan fingerprint density at radius 1 is 1.14 bits per heavy atom. The average Bonchev–Trinajstić information content (AvgIpc) is 3.45. The number of benzene rings is 1. The molecule has 3 heterocycles. The second kappa shape index (κ2) is 11.3. The van der Waals surface area contributed by atoms with Gasteiger partial charge in [0.1, 0.15) is 11.5 Å². The Balaban J connectivity index is 1.47. The van der Waals surface area contributed by atoms with Crippen molar-refractivity contribution in [1.82, 2.24) is 30.1 Å². The minimum atomic E-state index is -0.259. The summed E-state index contributed by atoms with van der Waals surface area (Å²) >= 11 is 0. The number of methoxy groups -OCH3 is 1. The quantitative estimate of drug-likeness (QED) is 0.501. The van der Waals surface area contributed by atoms with E-state index in [9.17, 15) is 9.59 Å². The maximum absolute atomic E-state index is 13.2. The van der Waals surface area contributed by atoms with Gasteiger partial charge in [0, 0.05) is 51.2 Å². The first-order chi connectivity index (χ1) is 17.0. The Hall–Kier alpha value is -3.53. The third kappa shape index (κ3) is 5.94. The van der Waals surface area contributed by atoms with E-state index >= 15 is 0 Å². The summed E-state index contributed by atoms with van der Waals surface area (Å²) in [7, 11) is 1.57. The number of nitrogens with one attached hydrogen (secondary N) is 1. The highest BCUT2D eigenvalue weighted by molar-refractivity contribution is 5.92. The molecule has 35 heavy (non-hydrogen) atoms. The van der Waals surface area contributed by atoms with E-state index in [1.807, 2.05) is 34.9 Å². The standard InChI is InChI=1S/C25H32N6O4/c1-17(2)15-20(26-23(32)10-14-34-3)24-28-27-22-9-11-30(12-13-31(22)24)25(33)21-16-19(29-35-21)18-7-5-4-6-8-18/h4-8,16-17,20H,9-15H2,1-3H3,(H,26,32)/t20-/m0/s1. The van der Waals surface area contributed by atoms with Gasteiger partial charge in [0.05, 0.1) is 12.6 Å². The molecule has 1 aromatic carbocycles. The fraction of sp³-hybridized carbons (Fsp3) is 0.480. The van der Waals surface area contributed by atoms with Crippen LogP contribution in [0, 0.1) is 5.92 Å². The minimum Gasteiger partial charge on any atom is -0.384 e. The van der Waals surface area contributed by atoms with Crippen molar-refractivity contribution in [3.05, 3.63) is 53.8 Å². The van der Waals surface area contributed by atoms with Crippen molar-refractivity contribution >= 4 is 11.8 Å². The van der Waals surface area contributed by atoms with Gasteiger partial charge in [-0.3, -0.25) is 9.59 Å². The van der Waals surface area contributed by atoms with Crippen LogP contribution in [0.2, 0.25) is 0 Å². The number of hydrogen-bond acceptors (Lipinski definition) is 7. The molecule has 10 nitrogen and oxygen atoms in total. The largest absolute Gasteiger partial charge is 0.384 e. The zero-order chi connectivity index (χ0) is 24.8. The van der Waals surface area contributed by atoms with Gasteiger partial charge in [0.2, 0.25) is 11.7 Å². The monoisotopic (exact) mass is 480 g/mol. The van der Waals surface area contributed by atoms with Gasteiger partial charge < -0.3 is 24.0 Å². The summed E-state index contributed by atoms with van der Waals surface area (Å²) in [4.78, 5) is 27.3. The van der Waals surface area contributed by atoms with Gasteiger partial charge in [-0.25, -0.2) is 0 Å². The van der Waals surface area contributed by atoms with E-state index in [1.165, 1.54) is 0 Å². The molecule has 10 heteroatoms. The number of nitrogens with zero attached hydrogens (tertiary/aromatic N) is 5. The van der Waals surface area contributed by atoms with Gasteiger partial charge in [-0.05, 0) is 12.3 Å². The van der Waals surface area contributed by atoms with Crippen molar-refractivity contribution in [3.8, 4) is 11.3 Å². The summed E-state index contributed by atoms with van der Waals surface area (Å²) in [6.45, 7) is 6.08. The third-order valence-corrected chi connectivity index (χ3v) is 6.02. The molecule has 2 amide bonds. The normalized spacial score (nSPS) is 14.5. The number of amides is 2. The molecule has 0 spiro atoms. The molecule has 1 aliphatic heterocycles. The molecule has 1 N–H and O–H groups in total. The highest BCUT2D eigenvalue weighted by Crippen LogP contribution is 2.24. The summed E-state index contributed by atoms with van der Waals surface area (Å²) in [6.07, 6.45) is 1.58. The number of carbonyl (C=O) groups excluding carboxylic acids is 2. The van der Waals surface area contributed by atoms with Crippen LogP contribution in [0.1, 0.15) is 54.9 Å². The molecular weight excluding hydrogens is 448 g/mol. The lowest BCUT2D eigenvalue weighted by Gasteiger charge is -2.22. The van der Waals surface area contributed by atoms with E-state index in [1.54, 1.807) is 18.1 Å². The Bertz CT molecular complexity index is 1140. The second-order valence-electron chi connectivity index (χ2n) is 9.10. The van der Waals surface area contributed by atoms with Gasteiger partial charge in [-0.15, -0.1) is 10.2 Å². The summed E-state index contributed by atoms with van der Waals surface area (Å²) in [5, 5.41) is 16.0. The van der Waals surface area contributed by atoms with Crippen LogP contribution in [0.5, 0.6) is 0 Å². The highest BCUT2D eigenvalue weighted by Gasteiger charge is 2.28. The number of aromatic nitrogens is 4. The predicted octanol–water partition coefficient (Wildman–Crippen LogP) is 2.87. The van der Waals surface area contributed by atoms with E-state index in [2.05, 4.69) is 34.5 Å². The number of hydrogen-bond donors (Lipinski definition) is 1. The van der Waals surface area contributed by atoms with E-state index in [0.29, 0.717) is 44.3 Å². The number of ether oxygens (including phenoxy) is 1. The van der Waals surface area contributed by atoms with E-state index in [4.69, 9.17) is 9.26 Å². The molecule has 0 bridgehead atoms. The average molecular weight is 481 g/mol. The van der Waals surface area contributed by atoms with Crippen molar-refractivity contribution in [1.29, 1.82) is 0 Å². The Morgan fingerprint density at radius 3 is 2.69 bits per heavy atom. The highest BCUT2D eigenvalue weighted by atomic mass is 16.5. The lowest BCUT2D eigenvalue weighted by Crippen LogP contribution is -2.34. The SMILES string of the molecule is COCCC(=O)N[C@@H](CC(C)C)c1nnc2n1CCN(C(=O)c1cc(-c3ccccc3)no1)CC2. The number of rotatable bonds is 9. The molecule has 4 rings (SSSR count). The van der Waals surface area contributed by atoms with Crippen LogP contribution in [0.25, 0.3) is 11.3 Å². The van der Waals surface area contributed by atoms with Crippen LogP contribution in [0.4, 0.5) is 0 Å². The van der Waals surface area contributed by atoms with Crippen LogP contribution < -0.4 is 5.32 Å². The predicted molar refractivity (Wildman–Crippen MR) is 128 cm³/mol. The van der Waals surface area contributed by atoms with Gasteiger partial charge in [0.25, 0.3) is 5.91 Å². The first kappa shape index (κ1) is 24.6. The molecule has 1 aliphatic rings. The van der Waals surface area contributed by atoms with Crippen molar-refractivity contribution < 1.29 is 18.8 Å². The van der Waals surface area contributed by atoms with Crippen molar-refractivity contribution in [3.63, 3.8) is 0 Å². The fourth-order valence-corrected chi connectivity index (χ4v) is 4.24. The number of fused-ring (bicyclic) bond motifs is 1. The Morgan fingerprint density at radius 2 is 1.94 bits per heavy atom. The fourth-order valence-electron chi connectivity index (χ4n) is 4.24. The Labute approximate surface area is 204 Å². The molecule has 0 radical (unpaired) electrons. The van der Waals surface area contributed by atoms with Gasteiger partial charge in [-0.1, -0.05) is 49.3 Å². The van der Waals surface area contributed by atoms with Crippen LogP contribution in [0.15, 0.2) is 40.9 Å². The molecule has 0 fully saturated rings. The maximum Gasteiger partial charge on any atom is 0.292 e. The minimum absolute atomic E-state index is 0.0835. The third-order valence-electron chi connectivity index (χ3n) is 6.02. The summed E-state index contributed by atoms with van der Waals surface area (Å²) < 4.78 is 12.4. The van der Waals surface area contributed by atoms with Gasteiger partial charge in [0.15, 0.2) is 5.82 Å². The molecule has 0 unspecified atom stereocenters. The second-order valence-corrected chi connectivity index (χ2v) is 9.10. The summed E-state index contributed by atoms with van der Waals surface area (Å²) in [6, 6.07) is 11.0. The molecular formula is C25H32N6O4. The Kier molecular flexibility index (Phi) is 7.91. The molecule has 186 valence electrons. The maximum atomic E-state index is 13.2. The molecule has 0 saturated heterocycles. The first-order valence-corrected chi connectivity index (χ1v) is 12.0. The topological polar surface area (TPSA) is 115 Å². The molecule has 3 aromatic rings. The zero-order valence-electron chi connectivity index (χ0n) is 20.4. The summed E-state index contributed by atoms with van der Waals surface area (Å²) in [5.41, 5.74) is 1.52.